The summed E-state index contributed by atoms with van der Waals surface area (Å²) in [6.07, 6.45) is 1.39. The number of rotatable bonds is 5. The molecule has 2 aromatic rings. The normalized spacial score (nSPS) is 16.8. The number of ether oxygens (including phenoxy) is 1. The van der Waals surface area contributed by atoms with E-state index >= 15 is 0 Å². The van der Waals surface area contributed by atoms with Crippen LogP contribution < -0.4 is 5.32 Å². The number of carbonyl (C=O) groups is 2. The van der Waals surface area contributed by atoms with Gasteiger partial charge in [-0.3, -0.25) is 4.79 Å². The summed E-state index contributed by atoms with van der Waals surface area (Å²) in [5.41, 5.74) is 2.09. The van der Waals surface area contributed by atoms with Crippen LogP contribution in [0.25, 0.3) is 0 Å². The molecule has 24 heavy (non-hydrogen) atoms. The van der Waals surface area contributed by atoms with Gasteiger partial charge in [0.2, 0.25) is 5.91 Å². The standard InChI is InChI=1S/C18H20N2O3S/c21-17(20-9-4-7-16(20)15-8-10-24-13-15)11-19-18(22)23-12-14-5-2-1-3-6-14/h1-3,5-6,8,10,13,16H,4,7,9,11-12H2,(H,19,22). The van der Waals surface area contributed by atoms with Crippen LogP contribution in [0.2, 0.25) is 0 Å². The summed E-state index contributed by atoms with van der Waals surface area (Å²) < 4.78 is 5.12. The molecule has 5 nitrogen and oxygen atoms in total. The molecule has 0 radical (unpaired) electrons. The van der Waals surface area contributed by atoms with E-state index in [9.17, 15) is 9.59 Å². The van der Waals surface area contributed by atoms with Gasteiger partial charge in [-0.05, 0) is 40.8 Å². The summed E-state index contributed by atoms with van der Waals surface area (Å²) in [5, 5.41) is 6.65. The van der Waals surface area contributed by atoms with Crippen molar-refractivity contribution >= 4 is 23.3 Å². The van der Waals surface area contributed by atoms with Crippen LogP contribution in [0.4, 0.5) is 4.79 Å². The Morgan fingerprint density at radius 2 is 2.08 bits per heavy atom. The van der Waals surface area contributed by atoms with Gasteiger partial charge >= 0.3 is 6.09 Å². The van der Waals surface area contributed by atoms with Gasteiger partial charge in [-0.15, -0.1) is 0 Å². The van der Waals surface area contributed by atoms with Crippen molar-refractivity contribution in [1.29, 1.82) is 0 Å². The molecule has 2 amide bonds. The fourth-order valence-corrected chi connectivity index (χ4v) is 3.61. The lowest BCUT2D eigenvalue weighted by atomic mass is 10.1. The van der Waals surface area contributed by atoms with Crippen molar-refractivity contribution in [3.05, 3.63) is 58.3 Å². The van der Waals surface area contributed by atoms with E-state index in [-0.39, 0.29) is 25.1 Å². The average Bonchev–Trinajstić information content (AvgIpc) is 3.29. The number of nitrogens with one attached hydrogen (secondary N) is 1. The van der Waals surface area contributed by atoms with Gasteiger partial charge in [0.05, 0.1) is 6.04 Å². The van der Waals surface area contributed by atoms with Gasteiger partial charge in [0, 0.05) is 6.54 Å². The fourth-order valence-electron chi connectivity index (χ4n) is 2.90. The van der Waals surface area contributed by atoms with E-state index in [1.165, 1.54) is 5.56 Å². The van der Waals surface area contributed by atoms with E-state index in [2.05, 4.69) is 16.8 Å². The Hall–Kier alpha value is -2.34. The Labute approximate surface area is 145 Å². The molecule has 2 heterocycles. The molecule has 3 rings (SSSR count). The van der Waals surface area contributed by atoms with Crippen LogP contribution in [0.15, 0.2) is 47.2 Å². The van der Waals surface area contributed by atoms with E-state index in [0.717, 1.165) is 24.9 Å². The largest absolute Gasteiger partial charge is 0.445 e. The van der Waals surface area contributed by atoms with Gasteiger partial charge in [-0.1, -0.05) is 30.3 Å². The van der Waals surface area contributed by atoms with Gasteiger partial charge < -0.3 is 15.0 Å². The Balaban J connectivity index is 1.45. The second kappa shape index (κ2) is 7.97. The van der Waals surface area contributed by atoms with Crippen LogP contribution in [0.3, 0.4) is 0 Å². The lowest BCUT2D eigenvalue weighted by molar-refractivity contribution is -0.131. The quantitative estimate of drug-likeness (QED) is 0.905. The van der Waals surface area contributed by atoms with Crippen LogP contribution >= 0.6 is 11.3 Å². The Morgan fingerprint density at radius 1 is 1.25 bits per heavy atom. The maximum Gasteiger partial charge on any atom is 0.407 e. The summed E-state index contributed by atoms with van der Waals surface area (Å²) in [6.45, 7) is 0.899. The lowest BCUT2D eigenvalue weighted by Gasteiger charge is -2.24. The number of carbonyl (C=O) groups excluding carboxylic acids is 2. The molecule has 6 heteroatoms. The van der Waals surface area contributed by atoms with Crippen LogP contribution in [0.5, 0.6) is 0 Å². The van der Waals surface area contributed by atoms with Crippen molar-refractivity contribution < 1.29 is 14.3 Å². The van der Waals surface area contributed by atoms with Gasteiger partial charge in [-0.2, -0.15) is 11.3 Å². The van der Waals surface area contributed by atoms with E-state index in [0.29, 0.717) is 0 Å². The average molecular weight is 344 g/mol. The summed E-state index contributed by atoms with van der Waals surface area (Å²) in [4.78, 5) is 26.0. The number of thiophene rings is 1. The molecule has 1 aromatic carbocycles. The number of alkyl carbamates (subject to hydrolysis) is 1. The van der Waals surface area contributed by atoms with Gasteiger partial charge in [0.1, 0.15) is 13.2 Å². The number of likely N-dealkylation sites (tertiary alicyclic amines) is 1. The third-order valence-corrected chi connectivity index (χ3v) is 4.80. The fraction of sp³-hybridized carbons (Fsp3) is 0.333. The summed E-state index contributed by atoms with van der Waals surface area (Å²) >= 11 is 1.64. The molecule has 1 aliphatic heterocycles. The van der Waals surface area contributed by atoms with Crippen LogP contribution in [-0.2, 0) is 16.1 Å². The first-order chi connectivity index (χ1) is 11.7. The molecule has 1 saturated heterocycles. The number of nitrogens with zero attached hydrogens (tertiary/aromatic N) is 1. The predicted octanol–water partition coefficient (Wildman–Crippen LogP) is 3.34. The molecule has 0 aliphatic carbocycles. The predicted molar refractivity (Wildman–Crippen MR) is 92.6 cm³/mol. The molecule has 126 valence electrons. The molecular weight excluding hydrogens is 324 g/mol. The molecule has 0 spiro atoms. The molecule has 1 unspecified atom stereocenters. The Morgan fingerprint density at radius 3 is 2.83 bits per heavy atom. The van der Waals surface area contributed by atoms with Crippen molar-refractivity contribution in [3.8, 4) is 0 Å². The topological polar surface area (TPSA) is 58.6 Å². The number of benzene rings is 1. The molecular formula is C18H20N2O3S. The molecule has 1 fully saturated rings. The van der Waals surface area contributed by atoms with Crippen molar-refractivity contribution in [2.45, 2.75) is 25.5 Å². The molecule has 1 atom stereocenters. The van der Waals surface area contributed by atoms with Crippen LogP contribution in [-0.4, -0.2) is 30.0 Å². The first-order valence-electron chi connectivity index (χ1n) is 8.00. The molecule has 0 bridgehead atoms. The van der Waals surface area contributed by atoms with E-state index < -0.39 is 6.09 Å². The summed E-state index contributed by atoms with van der Waals surface area (Å²) in [7, 11) is 0. The second-order valence-corrected chi connectivity index (χ2v) is 6.50. The van der Waals surface area contributed by atoms with E-state index in [1.807, 2.05) is 40.6 Å². The van der Waals surface area contributed by atoms with Crippen molar-refractivity contribution in [1.82, 2.24) is 10.2 Å². The summed E-state index contributed by atoms with van der Waals surface area (Å²) in [5.74, 6) is -0.0691. The van der Waals surface area contributed by atoms with Gasteiger partial charge in [-0.25, -0.2) is 4.79 Å². The summed E-state index contributed by atoms with van der Waals surface area (Å²) in [6, 6.07) is 11.6. The van der Waals surface area contributed by atoms with Crippen molar-refractivity contribution in [2.75, 3.05) is 13.1 Å². The minimum Gasteiger partial charge on any atom is -0.445 e. The first-order valence-corrected chi connectivity index (χ1v) is 8.94. The minimum absolute atomic E-state index is 0.0335. The smallest absolute Gasteiger partial charge is 0.407 e. The van der Waals surface area contributed by atoms with E-state index in [4.69, 9.17) is 4.74 Å². The highest BCUT2D eigenvalue weighted by Crippen LogP contribution is 2.32. The number of hydrogen-bond donors (Lipinski definition) is 1. The Kier molecular flexibility index (Phi) is 5.48. The zero-order valence-electron chi connectivity index (χ0n) is 13.3. The molecule has 1 aromatic heterocycles. The highest BCUT2D eigenvalue weighted by molar-refractivity contribution is 7.07. The van der Waals surface area contributed by atoms with Crippen LogP contribution in [0.1, 0.15) is 30.0 Å². The third kappa shape index (κ3) is 4.14. The minimum atomic E-state index is -0.571. The third-order valence-electron chi connectivity index (χ3n) is 4.10. The first kappa shape index (κ1) is 16.5. The molecule has 1 aliphatic rings. The number of hydrogen-bond acceptors (Lipinski definition) is 4. The highest BCUT2D eigenvalue weighted by Gasteiger charge is 2.30. The van der Waals surface area contributed by atoms with Crippen molar-refractivity contribution in [2.24, 2.45) is 0 Å². The van der Waals surface area contributed by atoms with Crippen molar-refractivity contribution in [3.63, 3.8) is 0 Å². The molecule has 1 N–H and O–H groups in total. The lowest BCUT2D eigenvalue weighted by Crippen LogP contribution is -2.39. The van der Waals surface area contributed by atoms with E-state index in [1.54, 1.807) is 11.3 Å². The van der Waals surface area contributed by atoms with Gasteiger partial charge in [0.15, 0.2) is 0 Å². The second-order valence-electron chi connectivity index (χ2n) is 5.72. The SMILES string of the molecule is O=C(NCC(=O)N1CCCC1c1ccsc1)OCc1ccccc1. The maximum atomic E-state index is 12.4. The van der Waals surface area contributed by atoms with Gasteiger partial charge in [0.25, 0.3) is 0 Å². The zero-order chi connectivity index (χ0) is 16.8. The van der Waals surface area contributed by atoms with Crippen LogP contribution in [0, 0.1) is 0 Å². The monoisotopic (exact) mass is 344 g/mol. The zero-order valence-corrected chi connectivity index (χ0v) is 14.1. The maximum absolute atomic E-state index is 12.4. The Bertz CT molecular complexity index is 673. The highest BCUT2D eigenvalue weighted by atomic mass is 32.1. The number of amides is 2. The molecule has 0 saturated carbocycles.